The zero-order valence-corrected chi connectivity index (χ0v) is 10.4. The Hall–Kier alpha value is -2.20. The number of pyridine rings is 1. The molecule has 3 rings (SSSR count). The van der Waals surface area contributed by atoms with Gasteiger partial charge in [0.2, 0.25) is 0 Å². The van der Waals surface area contributed by atoms with Crippen LogP contribution in [0.1, 0.15) is 0 Å². The first kappa shape index (κ1) is 10.9. The fraction of sp³-hybridized carbons (Fsp3) is 0. The quantitative estimate of drug-likeness (QED) is 0.768. The summed E-state index contributed by atoms with van der Waals surface area (Å²) in [6.45, 7) is 0. The van der Waals surface area contributed by atoms with Gasteiger partial charge in [0.05, 0.1) is 4.88 Å². The van der Waals surface area contributed by atoms with E-state index in [1.807, 2.05) is 48.7 Å². The number of para-hydroxylation sites is 1. The molecule has 18 heavy (non-hydrogen) atoms. The van der Waals surface area contributed by atoms with Gasteiger partial charge < -0.3 is 5.32 Å². The second-order valence-electron chi connectivity index (χ2n) is 3.76. The Balaban J connectivity index is 1.82. The van der Waals surface area contributed by atoms with Crippen LogP contribution < -0.4 is 5.32 Å². The number of thiazole rings is 1. The van der Waals surface area contributed by atoms with Gasteiger partial charge in [-0.25, -0.2) is 4.98 Å². The minimum atomic E-state index is 0.896. The molecule has 4 heteroatoms. The molecule has 0 unspecified atom stereocenters. The third-order valence-corrected chi connectivity index (χ3v) is 3.46. The van der Waals surface area contributed by atoms with Crippen molar-refractivity contribution in [2.45, 2.75) is 0 Å². The Morgan fingerprint density at radius 1 is 0.944 bits per heavy atom. The predicted octanol–water partition coefficient (Wildman–Crippen LogP) is 3.95. The Morgan fingerprint density at radius 3 is 2.50 bits per heavy atom. The molecule has 0 aliphatic heterocycles. The van der Waals surface area contributed by atoms with Gasteiger partial charge in [-0.2, -0.15) is 0 Å². The maximum absolute atomic E-state index is 4.37. The molecule has 0 saturated heterocycles. The van der Waals surface area contributed by atoms with Crippen molar-refractivity contribution >= 4 is 22.2 Å². The summed E-state index contributed by atoms with van der Waals surface area (Å²) >= 11 is 1.63. The van der Waals surface area contributed by atoms with Crippen molar-refractivity contribution in [3.05, 3.63) is 61.1 Å². The standard InChI is InChI=1S/C14H11N3S/c1-2-4-12(5-3-1)17-14-16-10-13(18-14)11-6-8-15-9-7-11/h1-10H,(H,16,17). The van der Waals surface area contributed by atoms with Gasteiger partial charge in [0.15, 0.2) is 5.13 Å². The van der Waals surface area contributed by atoms with E-state index >= 15 is 0 Å². The Kier molecular flexibility index (Phi) is 3.02. The van der Waals surface area contributed by atoms with Crippen LogP contribution in [-0.4, -0.2) is 9.97 Å². The van der Waals surface area contributed by atoms with Crippen LogP contribution in [0.2, 0.25) is 0 Å². The van der Waals surface area contributed by atoms with Gasteiger partial charge >= 0.3 is 0 Å². The maximum Gasteiger partial charge on any atom is 0.187 e. The molecule has 0 fully saturated rings. The van der Waals surface area contributed by atoms with Crippen molar-refractivity contribution in [1.82, 2.24) is 9.97 Å². The minimum absolute atomic E-state index is 0.896. The van der Waals surface area contributed by atoms with E-state index in [2.05, 4.69) is 15.3 Å². The zero-order chi connectivity index (χ0) is 12.2. The average molecular weight is 253 g/mol. The summed E-state index contributed by atoms with van der Waals surface area (Å²) in [5.74, 6) is 0. The zero-order valence-electron chi connectivity index (χ0n) is 9.58. The van der Waals surface area contributed by atoms with Gasteiger partial charge in [-0.1, -0.05) is 29.5 Å². The molecule has 1 N–H and O–H groups in total. The van der Waals surface area contributed by atoms with Crippen LogP contribution in [0.25, 0.3) is 10.4 Å². The summed E-state index contributed by atoms with van der Waals surface area (Å²) in [6, 6.07) is 14.0. The topological polar surface area (TPSA) is 37.8 Å². The lowest BCUT2D eigenvalue weighted by Gasteiger charge is -2.00. The van der Waals surface area contributed by atoms with Crippen molar-refractivity contribution in [3.8, 4) is 10.4 Å². The highest BCUT2D eigenvalue weighted by Gasteiger charge is 2.03. The van der Waals surface area contributed by atoms with E-state index in [1.165, 1.54) is 0 Å². The molecule has 1 aromatic carbocycles. The Labute approximate surface area is 109 Å². The van der Waals surface area contributed by atoms with Crippen molar-refractivity contribution in [1.29, 1.82) is 0 Å². The molecular formula is C14H11N3S. The summed E-state index contributed by atoms with van der Waals surface area (Å²) in [4.78, 5) is 9.52. The highest BCUT2D eigenvalue weighted by atomic mass is 32.1. The molecule has 0 spiro atoms. The molecule has 3 aromatic rings. The molecule has 0 atom stereocenters. The van der Waals surface area contributed by atoms with Gasteiger partial charge in [0.25, 0.3) is 0 Å². The summed E-state index contributed by atoms with van der Waals surface area (Å²) < 4.78 is 0. The smallest absolute Gasteiger partial charge is 0.187 e. The molecule has 0 amide bonds. The number of hydrogen-bond donors (Lipinski definition) is 1. The van der Waals surface area contributed by atoms with E-state index in [4.69, 9.17) is 0 Å². The number of aromatic nitrogens is 2. The van der Waals surface area contributed by atoms with Crippen LogP contribution in [0.5, 0.6) is 0 Å². The predicted molar refractivity (Wildman–Crippen MR) is 75.1 cm³/mol. The van der Waals surface area contributed by atoms with E-state index in [0.29, 0.717) is 0 Å². The number of hydrogen-bond acceptors (Lipinski definition) is 4. The average Bonchev–Trinajstić information content (AvgIpc) is 2.89. The molecular weight excluding hydrogens is 242 g/mol. The fourth-order valence-electron chi connectivity index (χ4n) is 1.63. The van der Waals surface area contributed by atoms with Gasteiger partial charge in [-0.3, -0.25) is 4.98 Å². The molecule has 0 saturated carbocycles. The molecule has 0 aliphatic carbocycles. The largest absolute Gasteiger partial charge is 0.332 e. The molecule has 88 valence electrons. The lowest BCUT2D eigenvalue weighted by atomic mass is 10.2. The van der Waals surface area contributed by atoms with Crippen LogP contribution in [0.15, 0.2) is 61.1 Å². The van der Waals surface area contributed by atoms with Crippen LogP contribution in [0, 0.1) is 0 Å². The van der Waals surface area contributed by atoms with Gasteiger partial charge in [0.1, 0.15) is 0 Å². The first-order chi connectivity index (χ1) is 8.92. The van der Waals surface area contributed by atoms with Gasteiger partial charge in [0, 0.05) is 24.3 Å². The van der Waals surface area contributed by atoms with E-state index in [-0.39, 0.29) is 0 Å². The molecule has 3 nitrogen and oxygen atoms in total. The fourth-order valence-corrected chi connectivity index (χ4v) is 2.47. The first-order valence-electron chi connectivity index (χ1n) is 5.60. The van der Waals surface area contributed by atoms with Crippen LogP contribution in [0.4, 0.5) is 10.8 Å². The van der Waals surface area contributed by atoms with Crippen molar-refractivity contribution in [2.75, 3.05) is 5.32 Å². The molecule has 0 bridgehead atoms. The first-order valence-corrected chi connectivity index (χ1v) is 6.42. The third-order valence-electron chi connectivity index (χ3n) is 2.50. The third kappa shape index (κ3) is 2.38. The van der Waals surface area contributed by atoms with Crippen LogP contribution in [-0.2, 0) is 0 Å². The van der Waals surface area contributed by atoms with E-state index < -0.39 is 0 Å². The summed E-state index contributed by atoms with van der Waals surface area (Å²) in [6.07, 6.45) is 5.46. The number of nitrogens with zero attached hydrogens (tertiary/aromatic N) is 2. The van der Waals surface area contributed by atoms with Gasteiger partial charge in [-0.15, -0.1) is 0 Å². The Bertz CT molecular complexity index is 620. The maximum atomic E-state index is 4.37. The minimum Gasteiger partial charge on any atom is -0.332 e. The lowest BCUT2D eigenvalue weighted by Crippen LogP contribution is -1.87. The second-order valence-corrected chi connectivity index (χ2v) is 4.79. The Morgan fingerprint density at radius 2 is 1.72 bits per heavy atom. The highest BCUT2D eigenvalue weighted by molar-refractivity contribution is 7.18. The van der Waals surface area contributed by atoms with Crippen LogP contribution >= 0.6 is 11.3 Å². The normalized spacial score (nSPS) is 10.2. The van der Waals surface area contributed by atoms with Gasteiger partial charge in [-0.05, 0) is 29.8 Å². The molecule has 2 aromatic heterocycles. The van der Waals surface area contributed by atoms with Crippen LogP contribution in [0.3, 0.4) is 0 Å². The summed E-state index contributed by atoms with van der Waals surface area (Å²) in [7, 11) is 0. The lowest BCUT2D eigenvalue weighted by molar-refractivity contribution is 1.33. The molecule has 0 radical (unpaired) electrons. The van der Waals surface area contributed by atoms with E-state index in [1.54, 1.807) is 23.7 Å². The van der Waals surface area contributed by atoms with E-state index in [9.17, 15) is 0 Å². The van der Waals surface area contributed by atoms with Crippen molar-refractivity contribution in [3.63, 3.8) is 0 Å². The molecule has 0 aliphatic rings. The summed E-state index contributed by atoms with van der Waals surface area (Å²) in [5.41, 5.74) is 2.19. The summed E-state index contributed by atoms with van der Waals surface area (Å²) in [5, 5.41) is 4.18. The second kappa shape index (κ2) is 4.98. The van der Waals surface area contributed by atoms with Crippen molar-refractivity contribution < 1.29 is 0 Å². The highest BCUT2D eigenvalue weighted by Crippen LogP contribution is 2.29. The number of anilines is 2. The monoisotopic (exact) mass is 253 g/mol. The number of benzene rings is 1. The SMILES string of the molecule is c1ccc(Nc2ncc(-c3ccncc3)s2)cc1. The van der Waals surface area contributed by atoms with Crippen molar-refractivity contribution in [2.24, 2.45) is 0 Å². The van der Waals surface area contributed by atoms with E-state index in [0.717, 1.165) is 21.3 Å². The number of nitrogens with one attached hydrogen (secondary N) is 1. The molecule has 2 heterocycles. The number of rotatable bonds is 3.